The Morgan fingerprint density at radius 3 is 2.07 bits per heavy atom. The molecule has 4 fully saturated rings. The lowest BCUT2D eigenvalue weighted by Gasteiger charge is -2.65. The summed E-state index contributed by atoms with van der Waals surface area (Å²) in [4.78, 5) is 0. The summed E-state index contributed by atoms with van der Waals surface area (Å²) in [6.45, 7) is 5.71. The number of nitrogens with one attached hydrogen (secondary N) is 3. The van der Waals surface area contributed by atoms with Crippen molar-refractivity contribution in [2.24, 2.45) is 5.41 Å². The summed E-state index contributed by atoms with van der Waals surface area (Å²) in [5.74, 6) is 0. The van der Waals surface area contributed by atoms with Crippen molar-refractivity contribution in [3.8, 4) is 0 Å². The van der Waals surface area contributed by atoms with E-state index in [0.29, 0.717) is 17.6 Å². The van der Waals surface area contributed by atoms with Gasteiger partial charge in [-0.1, -0.05) is 0 Å². The molecule has 0 aliphatic carbocycles. The lowest BCUT2D eigenvalue weighted by Crippen LogP contribution is -2.83. The first-order valence-electron chi connectivity index (χ1n) is 5.65. The topological polar surface area (TPSA) is 45.3 Å². The van der Waals surface area contributed by atoms with Gasteiger partial charge in [0, 0.05) is 50.6 Å². The van der Waals surface area contributed by atoms with Crippen LogP contribution in [0.25, 0.3) is 0 Å². The first kappa shape index (κ1) is 8.05. The van der Waals surface area contributed by atoms with Gasteiger partial charge in [-0.2, -0.15) is 0 Å². The zero-order chi connectivity index (χ0) is 9.23. The normalized spacial score (nSPS) is 46.3. The fraction of sp³-hybridized carbons (Fsp3) is 1.00. The summed E-state index contributed by atoms with van der Waals surface area (Å²) in [5, 5.41) is 10.2. The van der Waals surface area contributed by atoms with Crippen LogP contribution in [-0.4, -0.2) is 50.5 Å². The maximum Gasteiger partial charge on any atom is 0.0959 e. The molecule has 2 unspecified atom stereocenters. The van der Waals surface area contributed by atoms with Gasteiger partial charge in [0.15, 0.2) is 0 Å². The molecule has 0 amide bonds. The minimum Gasteiger partial charge on any atom is -0.367 e. The van der Waals surface area contributed by atoms with Crippen LogP contribution in [0.15, 0.2) is 0 Å². The van der Waals surface area contributed by atoms with E-state index in [2.05, 4.69) is 16.0 Å². The summed E-state index contributed by atoms with van der Waals surface area (Å²) < 4.78 is 6.04. The maximum absolute atomic E-state index is 6.04. The van der Waals surface area contributed by atoms with Gasteiger partial charge in [-0.25, -0.2) is 0 Å². The van der Waals surface area contributed by atoms with Crippen LogP contribution in [0.3, 0.4) is 0 Å². The largest absolute Gasteiger partial charge is 0.367 e. The van der Waals surface area contributed by atoms with E-state index < -0.39 is 0 Å². The highest BCUT2D eigenvalue weighted by Crippen LogP contribution is 2.45. The zero-order valence-corrected chi connectivity index (χ0v) is 8.31. The Labute approximate surface area is 83.8 Å². The molecular formula is C10H17N3O. The van der Waals surface area contributed by atoms with Crippen molar-refractivity contribution < 1.29 is 4.74 Å². The second kappa shape index (κ2) is 2.32. The summed E-state index contributed by atoms with van der Waals surface area (Å²) in [6, 6.07) is 0.634. The van der Waals surface area contributed by atoms with Crippen LogP contribution in [0.2, 0.25) is 0 Å². The highest BCUT2D eigenvalue weighted by Gasteiger charge is 2.61. The first-order valence-corrected chi connectivity index (χ1v) is 5.65. The molecule has 4 aliphatic heterocycles. The summed E-state index contributed by atoms with van der Waals surface area (Å²) in [6.07, 6.45) is 1.76. The van der Waals surface area contributed by atoms with E-state index in [4.69, 9.17) is 4.74 Å². The molecule has 4 nitrogen and oxygen atoms in total. The van der Waals surface area contributed by atoms with Crippen molar-refractivity contribution in [2.75, 3.05) is 32.7 Å². The second-order valence-corrected chi connectivity index (χ2v) is 5.47. The number of hydrogen-bond donors (Lipinski definition) is 3. The van der Waals surface area contributed by atoms with Gasteiger partial charge < -0.3 is 20.7 Å². The molecule has 14 heavy (non-hydrogen) atoms. The van der Waals surface area contributed by atoms with Gasteiger partial charge in [0.2, 0.25) is 0 Å². The lowest BCUT2D eigenvalue weighted by molar-refractivity contribution is -0.260. The number of rotatable bonds is 1. The average Bonchev–Trinajstić information content (AvgIpc) is 1.85. The van der Waals surface area contributed by atoms with Gasteiger partial charge in [-0.15, -0.1) is 0 Å². The molecule has 4 heteroatoms. The molecule has 2 spiro atoms. The number of hydrogen-bond acceptors (Lipinski definition) is 4. The molecule has 0 aromatic heterocycles. The first-order chi connectivity index (χ1) is 6.82. The van der Waals surface area contributed by atoms with Crippen LogP contribution in [0.1, 0.15) is 6.42 Å². The smallest absolute Gasteiger partial charge is 0.0959 e. The monoisotopic (exact) mass is 195 g/mol. The van der Waals surface area contributed by atoms with Gasteiger partial charge in [-0.05, 0) is 0 Å². The Bertz CT molecular complexity index is 259. The van der Waals surface area contributed by atoms with Crippen LogP contribution in [0.5, 0.6) is 0 Å². The molecule has 3 N–H and O–H groups in total. The average molecular weight is 195 g/mol. The van der Waals surface area contributed by atoms with Crippen molar-refractivity contribution in [1.29, 1.82) is 0 Å². The van der Waals surface area contributed by atoms with E-state index in [-0.39, 0.29) is 5.60 Å². The van der Waals surface area contributed by atoms with Gasteiger partial charge in [0.1, 0.15) is 0 Å². The van der Waals surface area contributed by atoms with Gasteiger partial charge in [0.05, 0.1) is 11.7 Å². The van der Waals surface area contributed by atoms with Gasteiger partial charge in [-0.3, -0.25) is 0 Å². The molecule has 4 rings (SSSR count). The van der Waals surface area contributed by atoms with Crippen LogP contribution >= 0.6 is 0 Å². The minimum absolute atomic E-state index is 0.250. The molecule has 4 aliphatic rings. The van der Waals surface area contributed by atoms with Crippen molar-refractivity contribution in [3.63, 3.8) is 0 Å². The van der Waals surface area contributed by atoms with Crippen LogP contribution in [0.4, 0.5) is 0 Å². The molecular weight excluding hydrogens is 178 g/mol. The third kappa shape index (κ3) is 0.795. The molecule has 78 valence electrons. The molecule has 0 bridgehead atoms. The van der Waals surface area contributed by atoms with Gasteiger partial charge in [0.25, 0.3) is 0 Å². The van der Waals surface area contributed by atoms with Crippen molar-refractivity contribution >= 4 is 0 Å². The van der Waals surface area contributed by atoms with E-state index in [0.717, 1.165) is 13.1 Å². The molecule has 4 saturated heterocycles. The third-order valence-corrected chi connectivity index (χ3v) is 4.53. The molecule has 0 radical (unpaired) electrons. The predicted molar refractivity (Wildman–Crippen MR) is 52.2 cm³/mol. The quantitative estimate of drug-likeness (QED) is 0.485. The Balaban J connectivity index is 1.42. The van der Waals surface area contributed by atoms with Crippen molar-refractivity contribution in [3.05, 3.63) is 0 Å². The van der Waals surface area contributed by atoms with Crippen LogP contribution < -0.4 is 16.0 Å². The zero-order valence-electron chi connectivity index (χ0n) is 8.31. The molecule has 4 heterocycles. The third-order valence-electron chi connectivity index (χ3n) is 4.53. The summed E-state index contributed by atoms with van der Waals surface area (Å²) >= 11 is 0. The SMILES string of the molecule is C1NCC12CC(C1NCC13CNC3)O2. The lowest BCUT2D eigenvalue weighted by atomic mass is 9.63. The Kier molecular flexibility index (Phi) is 1.33. The molecule has 0 aromatic carbocycles. The summed E-state index contributed by atoms with van der Waals surface area (Å²) in [5.41, 5.74) is 0.809. The Morgan fingerprint density at radius 2 is 1.71 bits per heavy atom. The highest BCUT2D eigenvalue weighted by molar-refractivity contribution is 5.17. The van der Waals surface area contributed by atoms with E-state index in [1.54, 1.807) is 0 Å². The molecule has 2 atom stereocenters. The van der Waals surface area contributed by atoms with Gasteiger partial charge >= 0.3 is 0 Å². The second-order valence-electron chi connectivity index (χ2n) is 5.47. The molecule has 0 aromatic rings. The summed E-state index contributed by atoms with van der Waals surface area (Å²) in [7, 11) is 0. The predicted octanol–water partition coefficient (Wildman–Crippen LogP) is -1.32. The van der Waals surface area contributed by atoms with Crippen molar-refractivity contribution in [2.45, 2.75) is 24.2 Å². The fourth-order valence-corrected chi connectivity index (χ4v) is 3.32. The Hall–Kier alpha value is -0.160. The van der Waals surface area contributed by atoms with Crippen LogP contribution in [-0.2, 0) is 4.74 Å². The highest BCUT2D eigenvalue weighted by atomic mass is 16.5. The standard InChI is InChI=1S/C10H17N3O/c1-7(14-10(1)5-12-6-10)8-9(4-13-8)2-11-3-9/h7-8,11-13H,1-6H2. The van der Waals surface area contributed by atoms with E-state index >= 15 is 0 Å². The Morgan fingerprint density at radius 1 is 1.00 bits per heavy atom. The minimum atomic E-state index is 0.250. The van der Waals surface area contributed by atoms with E-state index in [9.17, 15) is 0 Å². The van der Waals surface area contributed by atoms with Crippen LogP contribution in [0, 0.1) is 5.41 Å². The number of ether oxygens (including phenoxy) is 1. The fourth-order valence-electron chi connectivity index (χ4n) is 3.32. The molecule has 0 saturated carbocycles. The van der Waals surface area contributed by atoms with E-state index in [1.807, 2.05) is 0 Å². The maximum atomic E-state index is 6.04. The van der Waals surface area contributed by atoms with E-state index in [1.165, 1.54) is 26.1 Å². The van der Waals surface area contributed by atoms with Crippen molar-refractivity contribution in [1.82, 2.24) is 16.0 Å².